The van der Waals surface area contributed by atoms with Gasteiger partial charge >= 0.3 is 0 Å². The average Bonchev–Trinajstić information content (AvgIpc) is 3.75. The normalized spacial score (nSPS) is 15.3. The SMILES string of the molecule is COCCCOc1cc(C[C@@H](C[C@H](N)[C@@H](O)CN(C(=O)C2CC2)c2ccccc2)C(C)C)ccc1OC.Cl. The van der Waals surface area contributed by atoms with Crippen molar-refractivity contribution in [3.8, 4) is 11.5 Å². The fourth-order valence-electron chi connectivity index (χ4n) is 4.55. The van der Waals surface area contributed by atoms with Crippen LogP contribution in [-0.4, -0.2) is 57.1 Å². The number of methoxy groups -OCH3 is 2. The summed E-state index contributed by atoms with van der Waals surface area (Å²) in [6.07, 6.45) is 3.27. The van der Waals surface area contributed by atoms with Crippen LogP contribution in [0.5, 0.6) is 11.5 Å². The first-order valence-electron chi connectivity index (χ1n) is 13.4. The molecule has 0 bridgehead atoms. The minimum atomic E-state index is -0.820. The molecule has 7 nitrogen and oxygen atoms in total. The Labute approximate surface area is 234 Å². The Morgan fingerprint density at radius 1 is 1.08 bits per heavy atom. The Morgan fingerprint density at radius 3 is 2.39 bits per heavy atom. The van der Waals surface area contributed by atoms with Gasteiger partial charge in [-0.15, -0.1) is 12.4 Å². The van der Waals surface area contributed by atoms with Crippen LogP contribution in [0.4, 0.5) is 5.69 Å². The van der Waals surface area contributed by atoms with Crippen LogP contribution in [0.1, 0.15) is 45.1 Å². The lowest BCUT2D eigenvalue weighted by Gasteiger charge is -2.31. The van der Waals surface area contributed by atoms with Gasteiger partial charge in [-0.25, -0.2) is 0 Å². The number of aliphatic hydroxyl groups excluding tert-OH is 1. The fraction of sp³-hybridized carbons (Fsp3) is 0.567. The number of amides is 1. The van der Waals surface area contributed by atoms with E-state index in [1.54, 1.807) is 19.1 Å². The van der Waals surface area contributed by atoms with Gasteiger partial charge in [-0.3, -0.25) is 4.79 Å². The van der Waals surface area contributed by atoms with Crippen molar-refractivity contribution in [1.29, 1.82) is 0 Å². The van der Waals surface area contributed by atoms with E-state index in [0.29, 0.717) is 31.3 Å². The van der Waals surface area contributed by atoms with Gasteiger partial charge in [0.05, 0.1) is 26.4 Å². The van der Waals surface area contributed by atoms with Crippen molar-refractivity contribution in [3.05, 3.63) is 54.1 Å². The highest BCUT2D eigenvalue weighted by molar-refractivity contribution is 5.96. The number of para-hydroxylation sites is 1. The van der Waals surface area contributed by atoms with Gasteiger partial charge in [-0.05, 0) is 67.3 Å². The summed E-state index contributed by atoms with van der Waals surface area (Å²) >= 11 is 0. The van der Waals surface area contributed by atoms with Crippen LogP contribution in [0, 0.1) is 17.8 Å². The van der Waals surface area contributed by atoms with Crippen molar-refractivity contribution >= 4 is 24.0 Å². The van der Waals surface area contributed by atoms with Crippen molar-refractivity contribution in [2.75, 3.05) is 38.9 Å². The molecule has 8 heteroatoms. The summed E-state index contributed by atoms with van der Waals surface area (Å²) in [5.41, 5.74) is 8.50. The molecule has 2 aromatic rings. The first-order chi connectivity index (χ1) is 17.8. The van der Waals surface area contributed by atoms with Gasteiger partial charge in [0.15, 0.2) is 11.5 Å². The number of benzene rings is 2. The van der Waals surface area contributed by atoms with Crippen LogP contribution in [0.3, 0.4) is 0 Å². The van der Waals surface area contributed by atoms with Gasteiger partial charge in [0.25, 0.3) is 0 Å². The monoisotopic (exact) mass is 548 g/mol. The Bertz CT molecular complexity index is 970. The molecule has 0 saturated heterocycles. The second kappa shape index (κ2) is 15.9. The standard InChI is InChI=1S/C30H44N2O5.ClH/c1-21(2)24(17-22-11-14-28(36-4)29(18-22)37-16-8-15-35-3)19-26(31)27(33)20-32(30(34)23-12-13-23)25-9-6-5-7-10-25;/h5-7,9-11,14,18,21,23-24,26-27,33H,8,12-13,15-17,19-20,31H2,1-4H3;1H/t24-,26-,27-;/m0./s1. The number of carbonyl (C=O) groups is 1. The molecule has 2 aromatic carbocycles. The minimum absolute atomic E-state index is 0. The van der Waals surface area contributed by atoms with Gasteiger partial charge in [0.2, 0.25) is 5.91 Å². The quantitative estimate of drug-likeness (QED) is 0.291. The summed E-state index contributed by atoms with van der Waals surface area (Å²) in [5, 5.41) is 11.1. The summed E-state index contributed by atoms with van der Waals surface area (Å²) in [7, 11) is 3.32. The lowest BCUT2D eigenvalue weighted by atomic mass is 9.83. The molecular weight excluding hydrogens is 504 g/mol. The fourth-order valence-corrected chi connectivity index (χ4v) is 4.55. The van der Waals surface area contributed by atoms with Gasteiger partial charge in [0, 0.05) is 37.8 Å². The van der Waals surface area contributed by atoms with Crippen molar-refractivity contribution in [1.82, 2.24) is 0 Å². The van der Waals surface area contributed by atoms with Crippen molar-refractivity contribution in [2.24, 2.45) is 23.5 Å². The molecule has 0 radical (unpaired) electrons. The third kappa shape index (κ3) is 9.45. The lowest BCUT2D eigenvalue weighted by Crippen LogP contribution is -2.47. The number of carbonyl (C=O) groups excluding carboxylic acids is 1. The van der Waals surface area contributed by atoms with Crippen LogP contribution in [0.25, 0.3) is 0 Å². The van der Waals surface area contributed by atoms with Crippen molar-refractivity contribution in [2.45, 2.75) is 58.1 Å². The maximum Gasteiger partial charge on any atom is 0.230 e. The Balaban J connectivity index is 0.00000507. The molecule has 3 atom stereocenters. The number of anilines is 1. The van der Waals surface area contributed by atoms with E-state index in [2.05, 4.69) is 19.9 Å². The van der Waals surface area contributed by atoms with Crippen LogP contribution in [-0.2, 0) is 16.0 Å². The zero-order valence-corrected chi connectivity index (χ0v) is 24.0. The number of nitrogens with two attached hydrogens (primary N) is 1. The van der Waals surface area contributed by atoms with Crippen LogP contribution < -0.4 is 20.1 Å². The van der Waals surface area contributed by atoms with Crippen LogP contribution in [0.15, 0.2) is 48.5 Å². The van der Waals surface area contributed by atoms with E-state index in [0.717, 1.165) is 42.7 Å². The van der Waals surface area contributed by atoms with Gasteiger partial charge < -0.3 is 30.0 Å². The number of ether oxygens (including phenoxy) is 3. The van der Waals surface area contributed by atoms with E-state index >= 15 is 0 Å². The molecule has 1 aliphatic rings. The number of aliphatic hydroxyl groups is 1. The number of nitrogens with zero attached hydrogens (tertiary/aromatic N) is 1. The van der Waals surface area contributed by atoms with Gasteiger partial charge in [0.1, 0.15) is 0 Å². The lowest BCUT2D eigenvalue weighted by molar-refractivity contribution is -0.120. The first kappa shape index (κ1) is 31.9. The van der Waals surface area contributed by atoms with Crippen LogP contribution in [0.2, 0.25) is 0 Å². The maximum absolute atomic E-state index is 13.0. The molecule has 1 fully saturated rings. The topological polar surface area (TPSA) is 94.3 Å². The molecular formula is C30H45ClN2O5. The predicted molar refractivity (Wildman–Crippen MR) is 154 cm³/mol. The Morgan fingerprint density at radius 2 is 1.79 bits per heavy atom. The summed E-state index contributed by atoms with van der Waals surface area (Å²) in [6, 6.07) is 15.2. The Kier molecular flexibility index (Phi) is 13.4. The highest BCUT2D eigenvalue weighted by atomic mass is 35.5. The second-order valence-corrected chi connectivity index (χ2v) is 10.4. The van der Waals surface area contributed by atoms with E-state index < -0.39 is 12.1 Å². The summed E-state index contributed by atoms with van der Waals surface area (Å²) < 4.78 is 16.5. The third-order valence-electron chi connectivity index (χ3n) is 7.12. The third-order valence-corrected chi connectivity index (χ3v) is 7.12. The van der Waals surface area contributed by atoms with E-state index in [4.69, 9.17) is 19.9 Å². The maximum atomic E-state index is 13.0. The Hall–Kier alpha value is -2.32. The zero-order valence-electron chi connectivity index (χ0n) is 23.2. The number of hydrogen-bond donors (Lipinski definition) is 2. The molecule has 212 valence electrons. The number of hydrogen-bond acceptors (Lipinski definition) is 6. The van der Waals surface area contributed by atoms with Gasteiger partial charge in [-0.2, -0.15) is 0 Å². The van der Waals surface area contributed by atoms with E-state index in [1.165, 1.54) is 0 Å². The highest BCUT2D eigenvalue weighted by Gasteiger charge is 2.35. The summed E-state index contributed by atoms with van der Waals surface area (Å²) in [4.78, 5) is 14.7. The van der Waals surface area contributed by atoms with E-state index in [-0.39, 0.29) is 36.7 Å². The zero-order chi connectivity index (χ0) is 26.8. The molecule has 3 N–H and O–H groups in total. The van der Waals surface area contributed by atoms with Gasteiger partial charge in [-0.1, -0.05) is 38.1 Å². The number of rotatable bonds is 16. The highest BCUT2D eigenvalue weighted by Crippen LogP contribution is 2.34. The second-order valence-electron chi connectivity index (χ2n) is 10.4. The number of halogens is 1. The molecule has 0 unspecified atom stereocenters. The summed E-state index contributed by atoms with van der Waals surface area (Å²) in [5.74, 6) is 2.19. The predicted octanol–water partition coefficient (Wildman–Crippen LogP) is 4.87. The first-order valence-corrected chi connectivity index (χ1v) is 13.4. The van der Waals surface area contributed by atoms with E-state index in [9.17, 15) is 9.90 Å². The molecule has 0 spiro atoms. The molecule has 0 aliphatic heterocycles. The average molecular weight is 549 g/mol. The molecule has 38 heavy (non-hydrogen) atoms. The largest absolute Gasteiger partial charge is 0.493 e. The van der Waals surface area contributed by atoms with E-state index in [1.807, 2.05) is 42.5 Å². The molecule has 1 saturated carbocycles. The van der Waals surface area contributed by atoms with Crippen molar-refractivity contribution < 1.29 is 24.1 Å². The van der Waals surface area contributed by atoms with Crippen molar-refractivity contribution in [3.63, 3.8) is 0 Å². The van der Waals surface area contributed by atoms with Crippen LogP contribution >= 0.6 is 12.4 Å². The molecule has 1 amide bonds. The summed E-state index contributed by atoms with van der Waals surface area (Å²) in [6.45, 7) is 5.76. The molecule has 3 rings (SSSR count). The smallest absolute Gasteiger partial charge is 0.230 e. The molecule has 0 heterocycles. The minimum Gasteiger partial charge on any atom is -0.493 e. The molecule has 1 aliphatic carbocycles. The molecule has 0 aromatic heterocycles.